The number of alkyl carbamates (subject to hydrolysis) is 1. The van der Waals surface area contributed by atoms with Crippen LogP contribution in [0.1, 0.15) is 43.2 Å². The molecule has 1 saturated carbocycles. The summed E-state index contributed by atoms with van der Waals surface area (Å²) >= 11 is 0. The average molecular weight is 437 g/mol. The number of carboxylic acids is 1. The molecule has 0 heterocycles. The first-order valence-corrected chi connectivity index (χ1v) is 11.0. The van der Waals surface area contributed by atoms with Gasteiger partial charge in [0, 0.05) is 24.9 Å². The van der Waals surface area contributed by atoms with Gasteiger partial charge in [-0.1, -0.05) is 48.5 Å². The normalized spacial score (nSPS) is 15.4. The van der Waals surface area contributed by atoms with Crippen LogP contribution in [0.15, 0.2) is 48.5 Å². The number of rotatable bonds is 9. The lowest BCUT2D eigenvalue weighted by molar-refractivity contribution is -0.144. The van der Waals surface area contributed by atoms with Crippen LogP contribution in [0, 0.1) is 5.92 Å². The number of aliphatic carboxylic acids is 1. The Kier molecular flexibility index (Phi) is 6.44. The largest absolute Gasteiger partial charge is 0.480 e. The van der Waals surface area contributed by atoms with Crippen LogP contribution < -0.4 is 5.32 Å². The van der Waals surface area contributed by atoms with Crippen molar-refractivity contribution in [2.24, 2.45) is 5.92 Å². The predicted octanol–water partition coefficient (Wildman–Crippen LogP) is 3.63. The Labute approximate surface area is 187 Å². The quantitative estimate of drug-likeness (QED) is 0.626. The Morgan fingerprint density at radius 2 is 1.66 bits per heavy atom. The number of carboxylic acid groups (broad SMARTS) is 1. The van der Waals surface area contributed by atoms with Crippen molar-refractivity contribution in [2.45, 2.75) is 38.1 Å². The molecule has 2 N–H and O–H groups in total. The highest BCUT2D eigenvalue weighted by molar-refractivity contribution is 5.82. The minimum atomic E-state index is -1.03. The van der Waals surface area contributed by atoms with E-state index in [0.29, 0.717) is 12.5 Å². The van der Waals surface area contributed by atoms with Crippen LogP contribution in [0.2, 0.25) is 0 Å². The maximum atomic E-state index is 12.5. The van der Waals surface area contributed by atoms with Gasteiger partial charge >= 0.3 is 12.1 Å². The highest BCUT2D eigenvalue weighted by Crippen LogP contribution is 2.44. The van der Waals surface area contributed by atoms with E-state index < -0.39 is 18.1 Å². The van der Waals surface area contributed by atoms with E-state index in [4.69, 9.17) is 9.84 Å². The van der Waals surface area contributed by atoms with E-state index in [0.717, 1.165) is 35.1 Å². The molecule has 0 aromatic heterocycles. The first-order chi connectivity index (χ1) is 15.4. The summed E-state index contributed by atoms with van der Waals surface area (Å²) < 4.78 is 5.52. The topological polar surface area (TPSA) is 95.9 Å². The molecule has 2 amide bonds. The molecule has 0 bridgehead atoms. The van der Waals surface area contributed by atoms with Crippen molar-refractivity contribution < 1.29 is 24.2 Å². The monoisotopic (exact) mass is 436 g/mol. The zero-order valence-electron chi connectivity index (χ0n) is 18.1. The molecular weight excluding hydrogens is 408 g/mol. The lowest BCUT2D eigenvalue weighted by atomic mass is 9.98. The van der Waals surface area contributed by atoms with Crippen molar-refractivity contribution in [1.29, 1.82) is 0 Å². The SMILES string of the molecule is C[C@@H](CC(=O)N(CC(=O)O)CC1CC1)NC(=O)OCC1c2ccccc2-c2ccccc21. The predicted molar refractivity (Wildman–Crippen MR) is 119 cm³/mol. The molecule has 1 fully saturated rings. The summed E-state index contributed by atoms with van der Waals surface area (Å²) in [4.78, 5) is 37.4. The molecule has 2 aromatic rings. The standard InChI is InChI=1S/C25H28N2O5/c1-16(12-23(28)27(14-24(29)30)13-17-10-11-17)26-25(31)32-15-22-20-8-4-2-6-18(20)19-7-3-5-9-21(19)22/h2-9,16-17,22H,10-15H2,1H3,(H,26,31)(H,29,30)/t16-/m0/s1. The molecule has 0 unspecified atom stereocenters. The molecule has 32 heavy (non-hydrogen) atoms. The molecule has 0 saturated heterocycles. The number of fused-ring (bicyclic) bond motifs is 3. The van der Waals surface area contributed by atoms with Gasteiger partial charge in [-0.2, -0.15) is 0 Å². The van der Waals surface area contributed by atoms with Gasteiger partial charge in [0.2, 0.25) is 5.91 Å². The molecule has 7 nitrogen and oxygen atoms in total. The summed E-state index contributed by atoms with van der Waals surface area (Å²) in [5.41, 5.74) is 4.58. The number of carbonyl (C=O) groups is 3. The number of hydrogen-bond donors (Lipinski definition) is 2. The summed E-state index contributed by atoms with van der Waals surface area (Å²) in [5.74, 6) is -0.944. The van der Waals surface area contributed by atoms with Gasteiger partial charge in [0.25, 0.3) is 0 Å². The average Bonchev–Trinajstić information content (AvgIpc) is 3.52. The minimum Gasteiger partial charge on any atom is -0.480 e. The van der Waals surface area contributed by atoms with E-state index in [9.17, 15) is 14.4 Å². The Balaban J connectivity index is 1.31. The van der Waals surface area contributed by atoms with E-state index in [1.807, 2.05) is 24.3 Å². The zero-order chi connectivity index (χ0) is 22.7. The van der Waals surface area contributed by atoms with Crippen LogP contribution in [-0.4, -0.2) is 53.7 Å². The van der Waals surface area contributed by atoms with E-state index in [1.165, 1.54) is 4.90 Å². The Morgan fingerprint density at radius 1 is 1.06 bits per heavy atom. The van der Waals surface area contributed by atoms with Gasteiger partial charge in [0.1, 0.15) is 13.2 Å². The van der Waals surface area contributed by atoms with E-state index in [1.54, 1.807) is 6.92 Å². The van der Waals surface area contributed by atoms with Crippen LogP contribution in [0.3, 0.4) is 0 Å². The van der Waals surface area contributed by atoms with Gasteiger partial charge < -0.3 is 20.1 Å². The first kappa shape index (κ1) is 21.9. The van der Waals surface area contributed by atoms with E-state index in [2.05, 4.69) is 29.6 Å². The van der Waals surface area contributed by atoms with Crippen molar-refractivity contribution in [2.75, 3.05) is 19.7 Å². The highest BCUT2D eigenvalue weighted by Gasteiger charge is 2.30. The maximum Gasteiger partial charge on any atom is 0.407 e. The second-order valence-corrected chi connectivity index (χ2v) is 8.69. The van der Waals surface area contributed by atoms with Gasteiger partial charge in [0.15, 0.2) is 0 Å². The Hall–Kier alpha value is -3.35. The number of nitrogens with zero attached hydrogens (tertiary/aromatic N) is 1. The number of ether oxygens (including phenoxy) is 1. The molecule has 2 aliphatic rings. The third-order valence-electron chi connectivity index (χ3n) is 6.04. The summed E-state index contributed by atoms with van der Waals surface area (Å²) in [6.45, 7) is 2.07. The smallest absolute Gasteiger partial charge is 0.407 e. The van der Waals surface area contributed by atoms with Crippen molar-refractivity contribution >= 4 is 18.0 Å². The number of carbonyl (C=O) groups excluding carboxylic acids is 2. The van der Waals surface area contributed by atoms with Gasteiger partial charge in [-0.25, -0.2) is 4.79 Å². The van der Waals surface area contributed by atoms with Crippen LogP contribution >= 0.6 is 0 Å². The van der Waals surface area contributed by atoms with Crippen LogP contribution in [0.4, 0.5) is 4.79 Å². The van der Waals surface area contributed by atoms with E-state index in [-0.39, 0.29) is 31.4 Å². The van der Waals surface area contributed by atoms with Gasteiger partial charge in [-0.15, -0.1) is 0 Å². The third kappa shape index (κ3) is 5.10. The Bertz CT molecular complexity index is 971. The fraction of sp³-hybridized carbons (Fsp3) is 0.400. The maximum absolute atomic E-state index is 12.5. The van der Waals surface area contributed by atoms with Crippen molar-refractivity contribution in [3.05, 3.63) is 59.7 Å². The Morgan fingerprint density at radius 3 is 2.22 bits per heavy atom. The number of nitrogens with one attached hydrogen (secondary N) is 1. The van der Waals surface area contributed by atoms with Crippen molar-refractivity contribution in [1.82, 2.24) is 10.2 Å². The molecular formula is C25H28N2O5. The molecule has 7 heteroatoms. The second-order valence-electron chi connectivity index (χ2n) is 8.69. The lowest BCUT2D eigenvalue weighted by Gasteiger charge is -2.23. The summed E-state index contributed by atoms with van der Waals surface area (Å²) in [6.07, 6.45) is 1.50. The third-order valence-corrected chi connectivity index (χ3v) is 6.04. The van der Waals surface area contributed by atoms with Crippen molar-refractivity contribution in [3.8, 4) is 11.1 Å². The number of benzene rings is 2. The lowest BCUT2D eigenvalue weighted by Crippen LogP contribution is -2.42. The summed E-state index contributed by atoms with van der Waals surface area (Å²) in [7, 11) is 0. The first-order valence-electron chi connectivity index (χ1n) is 11.0. The van der Waals surface area contributed by atoms with Gasteiger partial charge in [-0.3, -0.25) is 9.59 Å². The van der Waals surface area contributed by atoms with Crippen LogP contribution in [0.25, 0.3) is 11.1 Å². The highest BCUT2D eigenvalue weighted by atomic mass is 16.5. The minimum absolute atomic E-state index is 0.0319. The second kappa shape index (κ2) is 9.42. The van der Waals surface area contributed by atoms with Gasteiger partial charge in [0.05, 0.1) is 0 Å². The number of hydrogen-bond acceptors (Lipinski definition) is 4. The summed E-state index contributed by atoms with van der Waals surface area (Å²) in [5, 5.41) is 11.8. The molecule has 0 spiro atoms. The van der Waals surface area contributed by atoms with Gasteiger partial charge in [-0.05, 0) is 47.9 Å². The number of amides is 2. The fourth-order valence-electron chi connectivity index (χ4n) is 4.31. The molecule has 2 aromatic carbocycles. The molecule has 4 rings (SSSR count). The fourth-order valence-corrected chi connectivity index (χ4v) is 4.31. The molecule has 2 aliphatic carbocycles. The summed E-state index contributed by atoms with van der Waals surface area (Å²) in [6, 6.07) is 15.8. The van der Waals surface area contributed by atoms with Crippen LogP contribution in [-0.2, 0) is 14.3 Å². The molecule has 0 radical (unpaired) electrons. The van der Waals surface area contributed by atoms with Crippen molar-refractivity contribution in [3.63, 3.8) is 0 Å². The molecule has 168 valence electrons. The van der Waals surface area contributed by atoms with Crippen LogP contribution in [0.5, 0.6) is 0 Å². The molecule has 0 aliphatic heterocycles. The zero-order valence-corrected chi connectivity index (χ0v) is 18.1. The van der Waals surface area contributed by atoms with E-state index >= 15 is 0 Å². The molecule has 1 atom stereocenters.